The van der Waals surface area contributed by atoms with Crippen LogP contribution in [-0.4, -0.2) is 49.2 Å². The van der Waals surface area contributed by atoms with E-state index in [-0.39, 0.29) is 17.9 Å². The van der Waals surface area contributed by atoms with Crippen molar-refractivity contribution in [1.82, 2.24) is 9.88 Å². The molecule has 1 unspecified atom stereocenters. The summed E-state index contributed by atoms with van der Waals surface area (Å²) in [6, 6.07) is 12.7. The van der Waals surface area contributed by atoms with Crippen LogP contribution in [0.4, 0.5) is 5.69 Å². The Kier molecular flexibility index (Phi) is 8.79. The third-order valence-electron chi connectivity index (χ3n) is 6.12. The van der Waals surface area contributed by atoms with Gasteiger partial charge in [-0.3, -0.25) is 9.78 Å². The minimum absolute atomic E-state index is 0.111. The molecule has 7 nitrogen and oxygen atoms in total. The number of nitrogen functional groups attached to an aromatic ring is 1. The number of likely N-dealkylation sites (N-methyl/N-ethyl adjacent to an activating group) is 1. The first-order valence-corrected chi connectivity index (χ1v) is 12.1. The Morgan fingerprint density at radius 2 is 1.86 bits per heavy atom. The SMILES string of the molecule is CCCCOc1ccc(C(=O)N(C)C(COc2cccc3nc(C)cc(N)c23)C(C)C)cc1OC. The lowest BCUT2D eigenvalue weighted by Gasteiger charge is -2.31. The van der Waals surface area contributed by atoms with Crippen LogP contribution in [0.1, 0.15) is 49.7 Å². The molecule has 0 saturated carbocycles. The zero-order chi connectivity index (χ0) is 25.5. The molecule has 1 atom stereocenters. The Bertz CT molecular complexity index is 1160. The van der Waals surface area contributed by atoms with Crippen LogP contribution in [0, 0.1) is 12.8 Å². The molecule has 7 heteroatoms. The summed E-state index contributed by atoms with van der Waals surface area (Å²) in [4.78, 5) is 19.7. The van der Waals surface area contributed by atoms with Crippen molar-refractivity contribution < 1.29 is 19.0 Å². The van der Waals surface area contributed by atoms with Crippen LogP contribution in [0.15, 0.2) is 42.5 Å². The van der Waals surface area contributed by atoms with Gasteiger partial charge in [-0.05, 0) is 55.7 Å². The van der Waals surface area contributed by atoms with Crippen molar-refractivity contribution in [3.8, 4) is 17.2 Å². The first-order chi connectivity index (χ1) is 16.8. The zero-order valence-electron chi connectivity index (χ0n) is 21.6. The van der Waals surface area contributed by atoms with E-state index >= 15 is 0 Å². The number of fused-ring (bicyclic) bond motifs is 1. The predicted molar refractivity (Wildman–Crippen MR) is 141 cm³/mol. The first kappa shape index (κ1) is 26.1. The molecule has 0 saturated heterocycles. The summed E-state index contributed by atoms with van der Waals surface area (Å²) in [6.45, 7) is 9.11. The van der Waals surface area contributed by atoms with E-state index in [1.807, 2.05) is 31.2 Å². The van der Waals surface area contributed by atoms with E-state index in [1.165, 1.54) is 0 Å². The molecule has 1 amide bonds. The molecule has 2 N–H and O–H groups in total. The van der Waals surface area contributed by atoms with Gasteiger partial charge in [-0.15, -0.1) is 0 Å². The summed E-state index contributed by atoms with van der Waals surface area (Å²) in [5, 5.41) is 0.790. The quantitative estimate of drug-likeness (QED) is 0.366. The van der Waals surface area contributed by atoms with E-state index < -0.39 is 0 Å². The second kappa shape index (κ2) is 11.8. The van der Waals surface area contributed by atoms with Gasteiger partial charge in [-0.2, -0.15) is 0 Å². The smallest absolute Gasteiger partial charge is 0.254 e. The minimum Gasteiger partial charge on any atom is -0.493 e. The van der Waals surface area contributed by atoms with Gasteiger partial charge in [-0.1, -0.05) is 33.3 Å². The summed E-state index contributed by atoms with van der Waals surface area (Å²) in [7, 11) is 3.38. The first-order valence-electron chi connectivity index (χ1n) is 12.1. The Morgan fingerprint density at radius 3 is 2.54 bits per heavy atom. The minimum atomic E-state index is -0.163. The largest absolute Gasteiger partial charge is 0.493 e. The van der Waals surface area contributed by atoms with Crippen molar-refractivity contribution >= 4 is 22.5 Å². The fourth-order valence-electron chi connectivity index (χ4n) is 4.07. The normalized spacial score (nSPS) is 12.0. The fourth-order valence-corrected chi connectivity index (χ4v) is 4.07. The molecule has 0 aliphatic heterocycles. The summed E-state index contributed by atoms with van der Waals surface area (Å²) < 4.78 is 17.5. The molecular formula is C28H37N3O4. The maximum atomic E-state index is 13.4. The van der Waals surface area contributed by atoms with Crippen LogP contribution in [-0.2, 0) is 0 Å². The molecule has 3 aromatic rings. The van der Waals surface area contributed by atoms with Gasteiger partial charge in [-0.25, -0.2) is 0 Å². The molecule has 35 heavy (non-hydrogen) atoms. The molecule has 0 aliphatic rings. The molecule has 0 aliphatic carbocycles. The number of hydrogen-bond acceptors (Lipinski definition) is 6. The summed E-state index contributed by atoms with van der Waals surface area (Å²) in [5.41, 5.74) is 9.09. The van der Waals surface area contributed by atoms with Gasteiger partial charge in [0.1, 0.15) is 12.4 Å². The van der Waals surface area contributed by atoms with E-state index in [4.69, 9.17) is 19.9 Å². The second-order valence-corrected chi connectivity index (χ2v) is 9.11. The lowest BCUT2D eigenvalue weighted by Crippen LogP contribution is -2.44. The molecule has 0 spiro atoms. The van der Waals surface area contributed by atoms with Crippen molar-refractivity contribution in [3.63, 3.8) is 0 Å². The number of aromatic nitrogens is 1. The monoisotopic (exact) mass is 479 g/mol. The zero-order valence-corrected chi connectivity index (χ0v) is 21.6. The van der Waals surface area contributed by atoms with Gasteiger partial charge in [0.05, 0.1) is 30.7 Å². The van der Waals surface area contributed by atoms with E-state index in [0.717, 1.165) is 29.4 Å². The van der Waals surface area contributed by atoms with Crippen molar-refractivity contribution in [2.24, 2.45) is 5.92 Å². The maximum Gasteiger partial charge on any atom is 0.254 e. The Morgan fingerprint density at radius 1 is 1.09 bits per heavy atom. The Balaban J connectivity index is 1.78. The van der Waals surface area contributed by atoms with Crippen LogP contribution in [0.2, 0.25) is 0 Å². The Labute approximate surface area is 208 Å². The Hall–Kier alpha value is -3.48. The molecule has 0 fully saturated rings. The number of nitrogens with two attached hydrogens (primary N) is 1. The van der Waals surface area contributed by atoms with Gasteiger partial charge in [0.25, 0.3) is 5.91 Å². The van der Waals surface area contributed by atoms with Gasteiger partial charge >= 0.3 is 0 Å². The number of carbonyl (C=O) groups is 1. The van der Waals surface area contributed by atoms with Crippen LogP contribution in [0.3, 0.4) is 0 Å². The third kappa shape index (κ3) is 6.15. The number of ether oxygens (including phenoxy) is 3. The van der Waals surface area contributed by atoms with Crippen molar-refractivity contribution in [1.29, 1.82) is 0 Å². The summed E-state index contributed by atoms with van der Waals surface area (Å²) in [5.74, 6) is 1.90. The molecule has 0 bridgehead atoms. The number of carbonyl (C=O) groups excluding carboxylic acids is 1. The maximum absolute atomic E-state index is 13.4. The van der Waals surface area contributed by atoms with Crippen molar-refractivity contribution in [3.05, 3.63) is 53.7 Å². The highest BCUT2D eigenvalue weighted by Gasteiger charge is 2.26. The molecule has 3 rings (SSSR count). The number of methoxy groups -OCH3 is 1. The number of anilines is 1. The van der Waals surface area contributed by atoms with Crippen molar-refractivity contribution in [2.75, 3.05) is 33.1 Å². The number of rotatable bonds is 11. The third-order valence-corrected chi connectivity index (χ3v) is 6.12. The highest BCUT2D eigenvalue weighted by molar-refractivity contribution is 5.96. The number of nitrogens with zero attached hydrogens (tertiary/aromatic N) is 2. The lowest BCUT2D eigenvalue weighted by atomic mass is 10.0. The fraction of sp³-hybridized carbons (Fsp3) is 0.429. The van der Waals surface area contributed by atoms with Crippen LogP contribution < -0.4 is 19.9 Å². The summed E-state index contributed by atoms with van der Waals surface area (Å²) >= 11 is 0. The number of amides is 1. The molecule has 0 radical (unpaired) electrons. The molecular weight excluding hydrogens is 442 g/mol. The topological polar surface area (TPSA) is 86.9 Å². The van der Waals surface area contributed by atoms with E-state index in [0.29, 0.717) is 41.7 Å². The molecule has 1 aromatic heterocycles. The standard InChI is InChI=1S/C28H37N3O4/c1-7-8-14-34-24-13-12-20(16-26(24)33-6)28(32)31(5)23(18(2)3)17-35-25-11-9-10-22-27(25)21(29)15-19(4)30-22/h9-13,15-16,18,23H,7-8,14,17H2,1-6H3,(H2,29,30). The van der Waals surface area contributed by atoms with Crippen molar-refractivity contribution in [2.45, 2.75) is 46.6 Å². The van der Waals surface area contributed by atoms with Gasteiger partial charge in [0, 0.05) is 24.0 Å². The number of benzene rings is 2. The highest BCUT2D eigenvalue weighted by Crippen LogP contribution is 2.32. The van der Waals surface area contributed by atoms with Crippen LogP contribution in [0.25, 0.3) is 10.9 Å². The number of aryl methyl sites for hydroxylation is 1. The van der Waals surface area contributed by atoms with Crippen LogP contribution in [0.5, 0.6) is 17.2 Å². The van der Waals surface area contributed by atoms with E-state index in [2.05, 4.69) is 25.8 Å². The van der Waals surface area contributed by atoms with Gasteiger partial charge in [0.2, 0.25) is 0 Å². The number of unbranched alkanes of at least 4 members (excludes halogenated alkanes) is 1. The van der Waals surface area contributed by atoms with E-state index in [9.17, 15) is 4.79 Å². The van der Waals surface area contributed by atoms with Gasteiger partial charge < -0.3 is 24.8 Å². The van der Waals surface area contributed by atoms with Crippen LogP contribution >= 0.6 is 0 Å². The van der Waals surface area contributed by atoms with Gasteiger partial charge in [0.15, 0.2) is 11.5 Å². The predicted octanol–water partition coefficient (Wildman–Crippen LogP) is 5.49. The molecule has 2 aromatic carbocycles. The lowest BCUT2D eigenvalue weighted by molar-refractivity contribution is 0.0613. The second-order valence-electron chi connectivity index (χ2n) is 9.11. The molecule has 1 heterocycles. The molecule has 188 valence electrons. The highest BCUT2D eigenvalue weighted by atomic mass is 16.5. The average Bonchev–Trinajstić information content (AvgIpc) is 2.83. The summed E-state index contributed by atoms with van der Waals surface area (Å²) in [6.07, 6.45) is 2.00. The number of hydrogen-bond donors (Lipinski definition) is 1. The van der Waals surface area contributed by atoms with E-state index in [1.54, 1.807) is 37.3 Å². The average molecular weight is 480 g/mol. The number of pyridine rings is 1.